The van der Waals surface area contributed by atoms with Gasteiger partial charge in [0.25, 0.3) is 0 Å². The topological polar surface area (TPSA) is 70.1 Å². The summed E-state index contributed by atoms with van der Waals surface area (Å²) in [5.41, 5.74) is -0.523. The Hall–Kier alpha value is -1.30. The van der Waals surface area contributed by atoms with Gasteiger partial charge in [-0.3, -0.25) is 4.79 Å². The molecule has 0 spiro atoms. The third kappa shape index (κ3) is 4.52. The molecule has 1 saturated heterocycles. The van der Waals surface area contributed by atoms with E-state index < -0.39 is 17.8 Å². The Bertz CT molecular complexity index is 325. The van der Waals surface area contributed by atoms with Gasteiger partial charge in [0.15, 0.2) is 0 Å². The van der Waals surface area contributed by atoms with Gasteiger partial charge < -0.3 is 19.6 Å². The normalized spacial score (nSPS) is 20.2. The molecule has 0 bridgehead atoms. The molecule has 0 saturated carbocycles. The van der Waals surface area contributed by atoms with Gasteiger partial charge in [-0.05, 0) is 20.8 Å². The van der Waals surface area contributed by atoms with Gasteiger partial charge in [-0.15, -0.1) is 0 Å². The Morgan fingerprint density at radius 3 is 2.61 bits per heavy atom. The molecule has 0 unspecified atom stereocenters. The zero-order valence-electron chi connectivity index (χ0n) is 11.5. The second-order valence-electron chi connectivity index (χ2n) is 5.60. The predicted octanol–water partition coefficient (Wildman–Crippen LogP) is 0.446. The molecule has 1 aliphatic rings. The van der Waals surface area contributed by atoms with Gasteiger partial charge in [-0.25, -0.2) is 4.79 Å². The molecule has 0 aromatic rings. The van der Waals surface area contributed by atoms with Gasteiger partial charge in [-0.2, -0.15) is 0 Å². The largest absolute Gasteiger partial charge is 0.444 e. The number of β-amino-alcohol motifs (C(OH)–C–C–N with tert-alkyl or cyclic N) is 1. The van der Waals surface area contributed by atoms with Crippen molar-refractivity contribution in [2.24, 2.45) is 0 Å². The lowest BCUT2D eigenvalue weighted by atomic mass is 10.2. The summed E-state index contributed by atoms with van der Waals surface area (Å²) < 4.78 is 5.20. The van der Waals surface area contributed by atoms with Crippen LogP contribution in [0.5, 0.6) is 0 Å². The first-order chi connectivity index (χ1) is 8.19. The molecule has 0 aliphatic carbocycles. The number of amides is 2. The number of carbonyl (C=O) groups is 2. The first kappa shape index (κ1) is 14.8. The Labute approximate surface area is 107 Å². The van der Waals surface area contributed by atoms with Crippen LogP contribution in [0.4, 0.5) is 4.79 Å². The standard InChI is InChI=1S/C12H22N2O4/c1-12(2,3)18-11(17)13(4)5-6-14-8-9(15)7-10(14)16/h9,15H,5-8H2,1-4H3/t9-/m0/s1. The molecule has 0 aromatic heterocycles. The Morgan fingerprint density at radius 1 is 1.56 bits per heavy atom. The summed E-state index contributed by atoms with van der Waals surface area (Å²) in [4.78, 5) is 26.1. The van der Waals surface area contributed by atoms with Crippen molar-refractivity contribution in [2.75, 3.05) is 26.7 Å². The van der Waals surface area contributed by atoms with Gasteiger partial charge in [0.05, 0.1) is 12.5 Å². The number of carbonyl (C=O) groups excluding carboxylic acids is 2. The first-order valence-electron chi connectivity index (χ1n) is 6.09. The van der Waals surface area contributed by atoms with E-state index in [9.17, 15) is 14.7 Å². The fraction of sp³-hybridized carbons (Fsp3) is 0.833. The summed E-state index contributed by atoms with van der Waals surface area (Å²) in [6.45, 7) is 6.58. The van der Waals surface area contributed by atoms with E-state index in [2.05, 4.69) is 0 Å². The zero-order valence-corrected chi connectivity index (χ0v) is 11.5. The van der Waals surface area contributed by atoms with Crippen LogP contribution in [0.3, 0.4) is 0 Å². The van der Waals surface area contributed by atoms with Crippen molar-refractivity contribution in [2.45, 2.75) is 38.9 Å². The maximum Gasteiger partial charge on any atom is 0.410 e. The minimum Gasteiger partial charge on any atom is -0.444 e. The van der Waals surface area contributed by atoms with Gasteiger partial charge in [0.1, 0.15) is 5.60 Å². The third-order valence-corrected chi connectivity index (χ3v) is 2.60. The number of aliphatic hydroxyl groups is 1. The number of ether oxygens (including phenoxy) is 1. The molecular formula is C12H22N2O4. The summed E-state index contributed by atoms with van der Waals surface area (Å²) in [5.74, 6) is -0.0694. The molecule has 1 rings (SSSR count). The molecule has 1 fully saturated rings. The van der Waals surface area contributed by atoms with E-state index in [-0.39, 0.29) is 12.3 Å². The molecule has 1 N–H and O–H groups in total. The number of likely N-dealkylation sites (tertiary alicyclic amines) is 1. The van der Waals surface area contributed by atoms with Crippen molar-refractivity contribution in [3.63, 3.8) is 0 Å². The molecule has 104 valence electrons. The van der Waals surface area contributed by atoms with Crippen LogP contribution >= 0.6 is 0 Å². The number of likely N-dealkylation sites (N-methyl/N-ethyl adjacent to an activating group) is 1. The monoisotopic (exact) mass is 258 g/mol. The van der Waals surface area contributed by atoms with Gasteiger partial charge in [0, 0.05) is 26.7 Å². The Morgan fingerprint density at radius 2 is 2.17 bits per heavy atom. The third-order valence-electron chi connectivity index (χ3n) is 2.60. The Kier molecular flexibility index (Phi) is 4.56. The summed E-state index contributed by atoms with van der Waals surface area (Å²) in [6, 6.07) is 0. The van der Waals surface area contributed by atoms with Crippen LogP contribution in [0.15, 0.2) is 0 Å². The number of aliphatic hydroxyl groups excluding tert-OH is 1. The summed E-state index contributed by atoms with van der Waals surface area (Å²) in [6.07, 6.45) is -0.810. The van der Waals surface area contributed by atoms with Crippen molar-refractivity contribution in [1.82, 2.24) is 9.80 Å². The van der Waals surface area contributed by atoms with Crippen LogP contribution in [0.2, 0.25) is 0 Å². The summed E-state index contributed by atoms with van der Waals surface area (Å²) in [7, 11) is 1.63. The second-order valence-corrected chi connectivity index (χ2v) is 5.60. The van der Waals surface area contributed by atoms with Gasteiger partial charge >= 0.3 is 6.09 Å². The number of rotatable bonds is 3. The number of nitrogens with zero attached hydrogens (tertiary/aromatic N) is 2. The smallest absolute Gasteiger partial charge is 0.410 e. The molecule has 0 radical (unpaired) electrons. The van der Waals surface area contributed by atoms with E-state index in [1.807, 2.05) is 0 Å². The summed E-state index contributed by atoms with van der Waals surface area (Å²) in [5, 5.41) is 9.33. The number of hydrogen-bond acceptors (Lipinski definition) is 4. The van der Waals surface area contributed by atoms with Crippen molar-refractivity contribution in [1.29, 1.82) is 0 Å². The summed E-state index contributed by atoms with van der Waals surface area (Å²) >= 11 is 0. The maximum atomic E-state index is 11.7. The molecule has 1 aliphatic heterocycles. The molecule has 6 heteroatoms. The van der Waals surface area contributed by atoms with Crippen LogP contribution in [0.25, 0.3) is 0 Å². The van der Waals surface area contributed by atoms with E-state index in [1.165, 1.54) is 4.90 Å². The van der Waals surface area contributed by atoms with Crippen LogP contribution < -0.4 is 0 Å². The second kappa shape index (κ2) is 5.56. The average Bonchev–Trinajstić information content (AvgIpc) is 2.51. The average molecular weight is 258 g/mol. The first-order valence-corrected chi connectivity index (χ1v) is 6.09. The van der Waals surface area contributed by atoms with Crippen molar-refractivity contribution in [3.05, 3.63) is 0 Å². The Balaban J connectivity index is 2.35. The molecule has 6 nitrogen and oxygen atoms in total. The molecule has 1 heterocycles. The highest BCUT2D eigenvalue weighted by Gasteiger charge is 2.28. The quantitative estimate of drug-likeness (QED) is 0.797. The van der Waals surface area contributed by atoms with Crippen LogP contribution in [0.1, 0.15) is 27.2 Å². The highest BCUT2D eigenvalue weighted by Crippen LogP contribution is 2.11. The maximum absolute atomic E-state index is 11.7. The fourth-order valence-electron chi connectivity index (χ4n) is 1.67. The number of hydrogen-bond donors (Lipinski definition) is 1. The zero-order chi connectivity index (χ0) is 13.9. The van der Waals surface area contributed by atoms with E-state index in [1.54, 1.807) is 32.7 Å². The van der Waals surface area contributed by atoms with E-state index in [4.69, 9.17) is 4.74 Å². The van der Waals surface area contributed by atoms with Gasteiger partial charge in [-0.1, -0.05) is 0 Å². The predicted molar refractivity (Wildman–Crippen MR) is 66.1 cm³/mol. The minimum absolute atomic E-state index is 0.0694. The lowest BCUT2D eigenvalue weighted by molar-refractivity contribution is -0.127. The minimum atomic E-state index is -0.579. The highest BCUT2D eigenvalue weighted by atomic mass is 16.6. The van der Waals surface area contributed by atoms with Crippen molar-refractivity contribution < 1.29 is 19.4 Å². The fourth-order valence-corrected chi connectivity index (χ4v) is 1.67. The molecule has 18 heavy (non-hydrogen) atoms. The lowest BCUT2D eigenvalue weighted by Crippen LogP contribution is -2.39. The molecular weight excluding hydrogens is 236 g/mol. The SMILES string of the molecule is CN(CCN1C[C@@H](O)CC1=O)C(=O)OC(C)(C)C. The van der Waals surface area contributed by atoms with Crippen LogP contribution in [-0.2, 0) is 9.53 Å². The van der Waals surface area contributed by atoms with E-state index >= 15 is 0 Å². The van der Waals surface area contributed by atoms with E-state index in [0.717, 1.165) is 0 Å². The molecule has 2 amide bonds. The van der Waals surface area contributed by atoms with E-state index in [0.29, 0.717) is 19.6 Å². The highest BCUT2D eigenvalue weighted by molar-refractivity contribution is 5.79. The lowest BCUT2D eigenvalue weighted by Gasteiger charge is -2.26. The van der Waals surface area contributed by atoms with Gasteiger partial charge in [0.2, 0.25) is 5.91 Å². The van der Waals surface area contributed by atoms with Crippen molar-refractivity contribution in [3.8, 4) is 0 Å². The van der Waals surface area contributed by atoms with Crippen LogP contribution in [-0.4, -0.2) is 65.3 Å². The molecule has 0 aromatic carbocycles. The molecule has 1 atom stereocenters. The van der Waals surface area contributed by atoms with Crippen molar-refractivity contribution >= 4 is 12.0 Å². The van der Waals surface area contributed by atoms with Crippen LogP contribution in [0, 0.1) is 0 Å².